The van der Waals surface area contributed by atoms with E-state index in [-0.39, 0.29) is 28.3 Å². The maximum atomic E-state index is 12.2. The number of anilines is 1. The Morgan fingerprint density at radius 2 is 2.15 bits per heavy atom. The van der Waals surface area contributed by atoms with Crippen molar-refractivity contribution < 1.29 is 9.72 Å². The van der Waals surface area contributed by atoms with E-state index in [2.05, 4.69) is 22.4 Å². The van der Waals surface area contributed by atoms with E-state index in [4.69, 9.17) is 11.6 Å². The molecule has 0 aliphatic rings. The molecule has 0 aliphatic carbocycles. The van der Waals surface area contributed by atoms with Gasteiger partial charge in [0.05, 0.1) is 10.7 Å². The Bertz CT molecular complexity index is 809. The highest BCUT2D eigenvalue weighted by Crippen LogP contribution is 2.28. The second kappa shape index (κ2) is 9.00. The highest BCUT2D eigenvalue weighted by atomic mass is 35.5. The van der Waals surface area contributed by atoms with Gasteiger partial charge in [-0.1, -0.05) is 44.1 Å². The van der Waals surface area contributed by atoms with E-state index in [9.17, 15) is 14.9 Å². The lowest BCUT2D eigenvalue weighted by atomic mass is 10.2. The Hall–Kier alpha value is -2.13. The van der Waals surface area contributed by atoms with Gasteiger partial charge in [0.1, 0.15) is 10.8 Å². The third-order valence-corrected chi connectivity index (χ3v) is 4.75. The molecule has 140 valence electrons. The molecule has 0 saturated carbocycles. The molecule has 0 unspecified atom stereocenters. The fraction of sp³-hybridized carbons (Fsp3) is 0.438. The molecule has 0 saturated heterocycles. The summed E-state index contributed by atoms with van der Waals surface area (Å²) in [4.78, 5) is 22.5. The molecule has 1 heterocycles. The maximum absolute atomic E-state index is 12.2. The number of hydrogen-bond acceptors (Lipinski definition) is 6. The molecule has 2 rings (SSSR count). The van der Waals surface area contributed by atoms with Gasteiger partial charge in [0, 0.05) is 24.2 Å². The van der Waals surface area contributed by atoms with E-state index in [1.807, 2.05) is 18.4 Å². The minimum atomic E-state index is -0.590. The second-order valence-corrected chi connectivity index (χ2v) is 7.26. The number of rotatable bonds is 8. The predicted octanol–water partition coefficient (Wildman–Crippen LogP) is 4.10. The summed E-state index contributed by atoms with van der Waals surface area (Å²) in [5.41, 5.74) is 0.0750. The van der Waals surface area contributed by atoms with Gasteiger partial charge in [-0.25, -0.2) is 0 Å². The van der Waals surface area contributed by atoms with Crippen LogP contribution in [-0.4, -0.2) is 31.3 Å². The van der Waals surface area contributed by atoms with Gasteiger partial charge in [-0.3, -0.25) is 14.9 Å². The van der Waals surface area contributed by atoms with Crippen LogP contribution in [0.2, 0.25) is 5.02 Å². The first-order valence-corrected chi connectivity index (χ1v) is 9.49. The van der Waals surface area contributed by atoms with Crippen LogP contribution < -0.4 is 5.32 Å². The largest absolute Gasteiger partial charge is 0.325 e. The zero-order valence-electron chi connectivity index (χ0n) is 14.7. The molecule has 0 atom stereocenters. The molecule has 2 aromatic rings. The number of carbonyl (C=O) groups excluding carboxylic acids is 1. The van der Waals surface area contributed by atoms with E-state index in [1.165, 1.54) is 30.0 Å². The van der Waals surface area contributed by atoms with Crippen LogP contribution in [0.1, 0.15) is 38.9 Å². The molecule has 0 aliphatic heterocycles. The van der Waals surface area contributed by atoms with Crippen LogP contribution >= 0.6 is 23.4 Å². The Labute approximate surface area is 160 Å². The van der Waals surface area contributed by atoms with Gasteiger partial charge >= 0.3 is 0 Å². The Balaban J connectivity index is 2.03. The van der Waals surface area contributed by atoms with Crippen LogP contribution in [0.25, 0.3) is 0 Å². The van der Waals surface area contributed by atoms with E-state index < -0.39 is 4.92 Å². The van der Waals surface area contributed by atoms with E-state index in [1.54, 1.807) is 0 Å². The number of thioether (sulfide) groups is 1. The van der Waals surface area contributed by atoms with Crippen molar-refractivity contribution in [3.05, 3.63) is 39.2 Å². The topological polar surface area (TPSA) is 103 Å². The van der Waals surface area contributed by atoms with Crippen molar-refractivity contribution in [3.8, 4) is 0 Å². The number of nitrogens with one attached hydrogen (secondary N) is 1. The van der Waals surface area contributed by atoms with Crippen molar-refractivity contribution in [2.45, 2.75) is 44.8 Å². The molecule has 1 aromatic carbocycles. The van der Waals surface area contributed by atoms with Crippen LogP contribution in [-0.2, 0) is 11.3 Å². The first-order valence-electron chi connectivity index (χ1n) is 8.13. The first kappa shape index (κ1) is 20.2. The number of nitro groups is 1. The molecular formula is C16H20ClN5O3S. The average molecular weight is 398 g/mol. The van der Waals surface area contributed by atoms with Crippen molar-refractivity contribution in [3.63, 3.8) is 0 Å². The molecule has 0 bridgehead atoms. The fourth-order valence-electron chi connectivity index (χ4n) is 2.33. The number of halogens is 1. The number of hydrogen-bond donors (Lipinski definition) is 1. The summed E-state index contributed by atoms with van der Waals surface area (Å²) in [5, 5.41) is 22.6. The van der Waals surface area contributed by atoms with Crippen molar-refractivity contribution in [2.24, 2.45) is 0 Å². The van der Waals surface area contributed by atoms with Crippen LogP contribution in [0.3, 0.4) is 0 Å². The molecule has 0 fully saturated rings. The van der Waals surface area contributed by atoms with E-state index in [0.717, 1.165) is 18.8 Å². The highest BCUT2D eigenvalue weighted by Gasteiger charge is 2.17. The Kier molecular flexibility index (Phi) is 6.98. The predicted molar refractivity (Wildman–Crippen MR) is 102 cm³/mol. The fourth-order valence-corrected chi connectivity index (χ4v) is 3.28. The van der Waals surface area contributed by atoms with Crippen molar-refractivity contribution in [1.29, 1.82) is 0 Å². The van der Waals surface area contributed by atoms with Crippen LogP contribution in [0.5, 0.6) is 0 Å². The average Bonchev–Trinajstić information content (AvgIpc) is 2.98. The summed E-state index contributed by atoms with van der Waals surface area (Å²) in [6, 6.07) is 4.14. The lowest BCUT2D eigenvalue weighted by Gasteiger charge is -2.10. The summed E-state index contributed by atoms with van der Waals surface area (Å²) < 4.78 is 2.02. The van der Waals surface area contributed by atoms with Gasteiger partial charge in [0.25, 0.3) is 5.69 Å². The van der Waals surface area contributed by atoms with Crippen LogP contribution in [0.4, 0.5) is 11.4 Å². The van der Waals surface area contributed by atoms with Gasteiger partial charge < -0.3 is 9.88 Å². The zero-order chi connectivity index (χ0) is 19.3. The van der Waals surface area contributed by atoms with Crippen molar-refractivity contribution >= 4 is 40.6 Å². The number of carbonyl (C=O) groups is 1. The standard InChI is InChI=1S/C16H20ClN5O3S/c1-4-7-21-15(10(2)3)19-20-16(21)26-9-14(23)18-11-5-6-12(17)13(8-11)22(24)25/h5-6,8,10H,4,7,9H2,1-3H3,(H,18,23). The first-order chi connectivity index (χ1) is 12.3. The van der Waals surface area contributed by atoms with Crippen LogP contribution in [0, 0.1) is 10.1 Å². The lowest BCUT2D eigenvalue weighted by molar-refractivity contribution is -0.384. The molecule has 8 nitrogen and oxygen atoms in total. The summed E-state index contributed by atoms with van der Waals surface area (Å²) in [5.74, 6) is 0.967. The number of aromatic nitrogens is 3. The van der Waals surface area contributed by atoms with E-state index in [0.29, 0.717) is 10.8 Å². The smallest absolute Gasteiger partial charge is 0.289 e. The molecule has 26 heavy (non-hydrogen) atoms. The summed E-state index contributed by atoms with van der Waals surface area (Å²) >= 11 is 7.05. The normalized spacial score (nSPS) is 11.0. The summed E-state index contributed by atoms with van der Waals surface area (Å²) in [6.45, 7) is 6.95. The molecule has 0 radical (unpaired) electrons. The quantitative estimate of drug-likeness (QED) is 0.408. The van der Waals surface area contributed by atoms with Gasteiger partial charge in [-0.05, 0) is 18.6 Å². The molecule has 1 N–H and O–H groups in total. The third kappa shape index (κ3) is 4.95. The molecule has 10 heteroatoms. The van der Waals surface area contributed by atoms with Crippen LogP contribution in [0.15, 0.2) is 23.4 Å². The second-order valence-electron chi connectivity index (χ2n) is 5.91. The Morgan fingerprint density at radius 3 is 2.77 bits per heavy atom. The number of amides is 1. The van der Waals surface area contributed by atoms with Gasteiger partial charge in [0.2, 0.25) is 5.91 Å². The SMILES string of the molecule is CCCn1c(SCC(=O)Nc2ccc(Cl)c([N+](=O)[O-])c2)nnc1C(C)C. The third-order valence-electron chi connectivity index (χ3n) is 3.47. The van der Waals surface area contributed by atoms with Crippen molar-refractivity contribution in [2.75, 3.05) is 11.1 Å². The number of benzene rings is 1. The minimum Gasteiger partial charge on any atom is -0.325 e. The molecule has 1 aromatic heterocycles. The zero-order valence-corrected chi connectivity index (χ0v) is 16.3. The molecule has 0 spiro atoms. The van der Waals surface area contributed by atoms with Gasteiger partial charge in [-0.15, -0.1) is 10.2 Å². The van der Waals surface area contributed by atoms with Gasteiger partial charge in [-0.2, -0.15) is 0 Å². The highest BCUT2D eigenvalue weighted by molar-refractivity contribution is 7.99. The lowest BCUT2D eigenvalue weighted by Crippen LogP contribution is -2.15. The molecular weight excluding hydrogens is 378 g/mol. The Morgan fingerprint density at radius 1 is 1.42 bits per heavy atom. The number of nitrogens with zero attached hydrogens (tertiary/aromatic N) is 4. The van der Waals surface area contributed by atoms with Crippen molar-refractivity contribution in [1.82, 2.24) is 14.8 Å². The maximum Gasteiger partial charge on any atom is 0.289 e. The van der Waals surface area contributed by atoms with Gasteiger partial charge in [0.15, 0.2) is 5.16 Å². The summed E-state index contributed by atoms with van der Waals surface area (Å²) in [7, 11) is 0. The minimum absolute atomic E-state index is 0.0243. The number of nitro benzene ring substituents is 1. The summed E-state index contributed by atoms with van der Waals surface area (Å²) in [6.07, 6.45) is 0.936. The molecule has 1 amide bonds. The van der Waals surface area contributed by atoms with E-state index >= 15 is 0 Å². The monoisotopic (exact) mass is 397 g/mol.